The second kappa shape index (κ2) is 5.91. The lowest BCUT2D eigenvalue weighted by Crippen LogP contribution is -2.26. The van der Waals surface area contributed by atoms with E-state index in [2.05, 4.69) is 31.9 Å². The van der Waals surface area contributed by atoms with Gasteiger partial charge in [-0.3, -0.25) is 4.79 Å². The van der Waals surface area contributed by atoms with Crippen LogP contribution in [-0.2, 0) is 4.79 Å². The molecule has 0 atom stereocenters. The zero-order chi connectivity index (χ0) is 13.0. The van der Waals surface area contributed by atoms with Crippen LogP contribution in [-0.4, -0.2) is 19.0 Å². The van der Waals surface area contributed by atoms with Gasteiger partial charge >= 0.3 is 0 Å². The van der Waals surface area contributed by atoms with Gasteiger partial charge in [0.2, 0.25) is 5.91 Å². The third-order valence-electron chi connectivity index (χ3n) is 2.59. The van der Waals surface area contributed by atoms with Crippen molar-refractivity contribution in [2.24, 2.45) is 0 Å². The third-order valence-corrected chi connectivity index (χ3v) is 3.12. The third kappa shape index (κ3) is 4.07. The Hall–Kier alpha value is -1.49. The summed E-state index contributed by atoms with van der Waals surface area (Å²) in [5.41, 5.74) is 0.929. The maximum absolute atomic E-state index is 11.6. The van der Waals surface area contributed by atoms with Crippen LogP contribution in [0.15, 0.2) is 40.6 Å². The largest absolute Gasteiger partial charge is 0.375 e. The van der Waals surface area contributed by atoms with Gasteiger partial charge in [-0.1, -0.05) is 15.9 Å². The number of rotatable bonds is 5. The van der Waals surface area contributed by atoms with Gasteiger partial charge in [0.15, 0.2) is 0 Å². The van der Waals surface area contributed by atoms with E-state index in [9.17, 15) is 4.79 Å². The molecule has 0 bridgehead atoms. The predicted molar refractivity (Wildman–Crippen MR) is 76.1 cm³/mol. The maximum Gasteiger partial charge on any atom is 0.247 e. The van der Waals surface area contributed by atoms with E-state index in [-0.39, 0.29) is 5.91 Å². The molecule has 3 N–H and O–H groups in total. The minimum atomic E-state index is -0.0635. The van der Waals surface area contributed by atoms with E-state index in [1.807, 2.05) is 24.3 Å². The maximum atomic E-state index is 11.6. The first kappa shape index (κ1) is 13.0. The van der Waals surface area contributed by atoms with Crippen molar-refractivity contribution < 1.29 is 4.79 Å². The molecule has 1 aliphatic rings. The molecule has 1 saturated carbocycles. The van der Waals surface area contributed by atoms with Crippen LogP contribution in [0.5, 0.6) is 0 Å². The Balaban J connectivity index is 1.96. The van der Waals surface area contributed by atoms with Crippen LogP contribution >= 0.6 is 15.9 Å². The highest BCUT2D eigenvalue weighted by Crippen LogP contribution is 2.18. The Kier molecular flexibility index (Phi) is 4.25. The molecule has 0 radical (unpaired) electrons. The molecule has 0 heterocycles. The smallest absolute Gasteiger partial charge is 0.247 e. The lowest BCUT2D eigenvalue weighted by atomic mass is 10.3. The van der Waals surface area contributed by atoms with E-state index < -0.39 is 0 Å². The van der Waals surface area contributed by atoms with Crippen LogP contribution in [0.2, 0.25) is 0 Å². The van der Waals surface area contributed by atoms with Gasteiger partial charge < -0.3 is 16.0 Å². The Morgan fingerprint density at radius 1 is 1.33 bits per heavy atom. The van der Waals surface area contributed by atoms with Crippen LogP contribution in [0.3, 0.4) is 0 Å². The van der Waals surface area contributed by atoms with Gasteiger partial charge in [-0.25, -0.2) is 0 Å². The van der Waals surface area contributed by atoms with Crippen LogP contribution in [0.4, 0.5) is 5.69 Å². The summed E-state index contributed by atoms with van der Waals surface area (Å²) in [6, 6.07) is 8.14. The van der Waals surface area contributed by atoms with E-state index in [4.69, 9.17) is 0 Å². The van der Waals surface area contributed by atoms with Crippen molar-refractivity contribution in [2.75, 3.05) is 12.4 Å². The van der Waals surface area contributed by atoms with Crippen LogP contribution in [0, 0.1) is 0 Å². The SMILES string of the molecule is CN/C(=C/C(=O)NC1CC1)Nc1ccc(Br)cc1. The van der Waals surface area contributed by atoms with Gasteiger partial charge in [-0.05, 0) is 37.1 Å². The number of carbonyl (C=O) groups excluding carboxylic acids is 1. The molecule has 0 saturated heterocycles. The number of amides is 1. The molecule has 5 heteroatoms. The second-order valence-corrected chi connectivity index (χ2v) is 5.14. The molecule has 1 amide bonds. The van der Waals surface area contributed by atoms with E-state index in [1.54, 1.807) is 13.1 Å². The summed E-state index contributed by atoms with van der Waals surface area (Å²) in [5.74, 6) is 0.613. The molecule has 1 aliphatic carbocycles. The van der Waals surface area contributed by atoms with Gasteiger partial charge in [0.1, 0.15) is 5.82 Å². The van der Waals surface area contributed by atoms with E-state index in [0.717, 1.165) is 23.0 Å². The van der Waals surface area contributed by atoms with Gasteiger partial charge in [-0.2, -0.15) is 0 Å². The van der Waals surface area contributed by atoms with E-state index in [1.165, 1.54) is 0 Å². The van der Waals surface area contributed by atoms with Crippen LogP contribution in [0.25, 0.3) is 0 Å². The Morgan fingerprint density at radius 3 is 2.56 bits per heavy atom. The molecular formula is C13H16BrN3O. The average Bonchev–Trinajstić information content (AvgIpc) is 3.15. The molecule has 0 unspecified atom stereocenters. The van der Waals surface area contributed by atoms with Crippen molar-refractivity contribution >= 4 is 27.5 Å². The van der Waals surface area contributed by atoms with Crippen molar-refractivity contribution in [1.82, 2.24) is 10.6 Å². The number of anilines is 1. The first-order valence-corrected chi connectivity index (χ1v) is 6.69. The van der Waals surface area contributed by atoms with Crippen molar-refractivity contribution in [3.63, 3.8) is 0 Å². The molecule has 1 aromatic rings. The van der Waals surface area contributed by atoms with Crippen molar-refractivity contribution in [1.29, 1.82) is 0 Å². The molecule has 96 valence electrons. The molecule has 18 heavy (non-hydrogen) atoms. The van der Waals surface area contributed by atoms with Crippen molar-refractivity contribution in [3.05, 3.63) is 40.6 Å². The topological polar surface area (TPSA) is 53.2 Å². The highest BCUT2D eigenvalue weighted by Gasteiger charge is 2.22. The summed E-state index contributed by atoms with van der Waals surface area (Å²) < 4.78 is 1.02. The zero-order valence-corrected chi connectivity index (χ0v) is 11.8. The van der Waals surface area contributed by atoms with Gasteiger partial charge in [0, 0.05) is 29.3 Å². The number of benzene rings is 1. The fourth-order valence-corrected chi connectivity index (χ4v) is 1.73. The minimum absolute atomic E-state index is 0.0635. The normalized spacial score (nSPS) is 15.1. The fraction of sp³-hybridized carbons (Fsp3) is 0.308. The Labute approximate surface area is 115 Å². The highest BCUT2D eigenvalue weighted by atomic mass is 79.9. The summed E-state index contributed by atoms with van der Waals surface area (Å²) in [6.07, 6.45) is 3.73. The number of halogens is 1. The van der Waals surface area contributed by atoms with Gasteiger partial charge in [0.25, 0.3) is 0 Å². The van der Waals surface area contributed by atoms with E-state index in [0.29, 0.717) is 11.9 Å². The lowest BCUT2D eigenvalue weighted by molar-refractivity contribution is -0.116. The summed E-state index contributed by atoms with van der Waals surface area (Å²) in [7, 11) is 1.78. The van der Waals surface area contributed by atoms with Crippen molar-refractivity contribution in [3.8, 4) is 0 Å². The highest BCUT2D eigenvalue weighted by molar-refractivity contribution is 9.10. The second-order valence-electron chi connectivity index (χ2n) is 4.22. The van der Waals surface area contributed by atoms with Crippen molar-refractivity contribution in [2.45, 2.75) is 18.9 Å². The molecule has 2 rings (SSSR count). The molecule has 1 aromatic carbocycles. The van der Waals surface area contributed by atoms with Crippen LogP contribution < -0.4 is 16.0 Å². The quantitative estimate of drug-likeness (QED) is 0.731. The standard InChI is InChI=1S/C13H16BrN3O/c1-15-12(8-13(18)17-11-6-7-11)16-10-4-2-9(14)3-5-10/h2-5,8,11,15-16H,6-7H2,1H3,(H,17,18)/b12-8-. The average molecular weight is 310 g/mol. The Morgan fingerprint density at radius 2 is 2.00 bits per heavy atom. The van der Waals surface area contributed by atoms with Gasteiger partial charge in [-0.15, -0.1) is 0 Å². The number of carbonyl (C=O) groups is 1. The monoisotopic (exact) mass is 309 g/mol. The molecule has 0 aromatic heterocycles. The van der Waals surface area contributed by atoms with Crippen LogP contribution in [0.1, 0.15) is 12.8 Å². The molecule has 0 aliphatic heterocycles. The zero-order valence-electron chi connectivity index (χ0n) is 10.2. The summed E-state index contributed by atoms with van der Waals surface area (Å²) in [6.45, 7) is 0. The van der Waals surface area contributed by atoms with E-state index >= 15 is 0 Å². The molecule has 4 nitrogen and oxygen atoms in total. The Bertz CT molecular complexity index is 452. The molecule has 1 fully saturated rings. The predicted octanol–water partition coefficient (Wildman–Crippen LogP) is 2.20. The fourth-order valence-electron chi connectivity index (χ4n) is 1.46. The first-order valence-electron chi connectivity index (χ1n) is 5.90. The van der Waals surface area contributed by atoms with Gasteiger partial charge in [0.05, 0.1) is 0 Å². The molecular weight excluding hydrogens is 294 g/mol. The number of nitrogens with one attached hydrogen (secondary N) is 3. The number of hydrogen-bond acceptors (Lipinski definition) is 3. The number of hydrogen-bond donors (Lipinski definition) is 3. The first-order chi connectivity index (χ1) is 8.67. The summed E-state index contributed by atoms with van der Waals surface area (Å²) in [4.78, 5) is 11.6. The minimum Gasteiger partial charge on any atom is -0.375 e. The molecule has 0 spiro atoms. The summed E-state index contributed by atoms with van der Waals surface area (Å²) >= 11 is 3.38. The summed E-state index contributed by atoms with van der Waals surface area (Å²) in [5, 5.41) is 9.03. The lowest BCUT2D eigenvalue weighted by Gasteiger charge is -2.10.